The van der Waals surface area contributed by atoms with E-state index in [0.29, 0.717) is 5.69 Å². The van der Waals surface area contributed by atoms with E-state index in [4.69, 9.17) is 0 Å². The van der Waals surface area contributed by atoms with Crippen molar-refractivity contribution >= 4 is 28.8 Å². The molecule has 0 fully saturated rings. The molecule has 0 spiro atoms. The summed E-state index contributed by atoms with van der Waals surface area (Å²) in [6.45, 7) is 1.44. The van der Waals surface area contributed by atoms with Gasteiger partial charge in [-0.15, -0.1) is 16.4 Å². The number of aromatic nitrogens is 4. The molecular weight excluding hydrogens is 340 g/mol. The van der Waals surface area contributed by atoms with Gasteiger partial charge in [-0.05, 0) is 40.1 Å². The highest BCUT2D eigenvalue weighted by molar-refractivity contribution is 7.10. The van der Waals surface area contributed by atoms with Crippen LogP contribution in [0.4, 0.5) is 5.69 Å². The molecule has 128 valence electrons. The van der Waals surface area contributed by atoms with Gasteiger partial charge in [0.25, 0.3) is 0 Å². The molecule has 2 aromatic heterocycles. The van der Waals surface area contributed by atoms with Crippen LogP contribution in [-0.2, 0) is 9.59 Å². The summed E-state index contributed by atoms with van der Waals surface area (Å²) in [5.41, 5.74) is 1.37. The molecular formula is C16H16N6O2S. The number of hydrogen-bond donors (Lipinski definition) is 2. The molecule has 2 amide bonds. The summed E-state index contributed by atoms with van der Waals surface area (Å²) in [5.74, 6) is -0.368. The van der Waals surface area contributed by atoms with Crippen molar-refractivity contribution in [1.29, 1.82) is 0 Å². The van der Waals surface area contributed by atoms with Gasteiger partial charge in [-0.2, -0.15) is 0 Å². The Morgan fingerprint density at radius 2 is 2.16 bits per heavy atom. The second kappa shape index (κ2) is 7.67. The Morgan fingerprint density at radius 3 is 2.84 bits per heavy atom. The number of nitrogens with zero attached hydrogens (tertiary/aromatic N) is 4. The molecule has 3 rings (SSSR count). The van der Waals surface area contributed by atoms with E-state index in [2.05, 4.69) is 26.2 Å². The minimum atomic E-state index is -0.347. The predicted molar refractivity (Wildman–Crippen MR) is 93.3 cm³/mol. The number of hydrogen-bond acceptors (Lipinski definition) is 6. The van der Waals surface area contributed by atoms with E-state index >= 15 is 0 Å². The summed E-state index contributed by atoms with van der Waals surface area (Å²) < 4.78 is 1.50. The number of carbonyl (C=O) groups is 2. The third-order valence-corrected chi connectivity index (χ3v) is 4.38. The Morgan fingerprint density at radius 1 is 1.28 bits per heavy atom. The molecule has 1 aromatic carbocycles. The summed E-state index contributed by atoms with van der Waals surface area (Å²) in [6, 6.07) is 10.6. The van der Waals surface area contributed by atoms with Crippen molar-refractivity contribution in [3.63, 3.8) is 0 Å². The summed E-state index contributed by atoms with van der Waals surface area (Å²) >= 11 is 1.50. The smallest absolute Gasteiger partial charge is 0.226 e. The maximum Gasteiger partial charge on any atom is 0.226 e. The van der Waals surface area contributed by atoms with Crippen molar-refractivity contribution < 1.29 is 9.59 Å². The minimum absolute atomic E-state index is 0.148. The highest BCUT2D eigenvalue weighted by atomic mass is 32.1. The van der Waals surface area contributed by atoms with Crippen molar-refractivity contribution in [2.45, 2.75) is 19.4 Å². The Hall–Kier alpha value is -3.07. The van der Waals surface area contributed by atoms with Gasteiger partial charge in [0.2, 0.25) is 11.8 Å². The van der Waals surface area contributed by atoms with Crippen LogP contribution in [0.3, 0.4) is 0 Å². The topological polar surface area (TPSA) is 102 Å². The lowest BCUT2D eigenvalue weighted by Gasteiger charge is -2.16. The first-order chi connectivity index (χ1) is 12.1. The molecule has 0 aliphatic carbocycles. The molecule has 0 aliphatic heterocycles. The lowest BCUT2D eigenvalue weighted by molar-refractivity contribution is -0.120. The van der Waals surface area contributed by atoms with Gasteiger partial charge in [-0.25, -0.2) is 4.68 Å². The first-order valence-corrected chi connectivity index (χ1v) is 8.43. The van der Waals surface area contributed by atoms with E-state index in [1.807, 2.05) is 23.6 Å². The zero-order valence-electron chi connectivity index (χ0n) is 13.4. The molecule has 25 heavy (non-hydrogen) atoms. The fourth-order valence-corrected chi connectivity index (χ4v) is 3.14. The normalized spacial score (nSPS) is 11.7. The third-order valence-electron chi connectivity index (χ3n) is 3.40. The predicted octanol–water partition coefficient (Wildman–Crippen LogP) is 1.93. The molecule has 9 heteroatoms. The van der Waals surface area contributed by atoms with E-state index in [0.717, 1.165) is 10.6 Å². The number of tetrazole rings is 1. The number of thiophene rings is 1. The molecule has 0 saturated carbocycles. The third kappa shape index (κ3) is 4.48. The SMILES string of the molecule is CC(=O)NC(CC(=O)Nc1cccc(-n2cnnn2)c1)c1cccs1. The van der Waals surface area contributed by atoms with Crippen LogP contribution in [0.2, 0.25) is 0 Å². The number of carbonyl (C=O) groups excluding carboxylic acids is 2. The monoisotopic (exact) mass is 356 g/mol. The number of nitrogens with one attached hydrogen (secondary N) is 2. The fraction of sp³-hybridized carbons (Fsp3) is 0.188. The number of anilines is 1. The van der Waals surface area contributed by atoms with Crippen LogP contribution in [0.5, 0.6) is 0 Å². The molecule has 0 aliphatic rings. The van der Waals surface area contributed by atoms with Gasteiger partial charge in [0.15, 0.2) is 0 Å². The summed E-state index contributed by atoms with van der Waals surface area (Å²) in [7, 11) is 0. The Kier molecular flexibility index (Phi) is 5.14. The molecule has 0 bridgehead atoms. The highest BCUT2D eigenvalue weighted by Crippen LogP contribution is 2.23. The van der Waals surface area contributed by atoms with Crippen LogP contribution in [0.1, 0.15) is 24.3 Å². The fourth-order valence-electron chi connectivity index (χ4n) is 2.36. The van der Waals surface area contributed by atoms with Gasteiger partial charge < -0.3 is 10.6 Å². The zero-order chi connectivity index (χ0) is 17.6. The molecule has 1 atom stereocenters. The molecule has 0 saturated heterocycles. The summed E-state index contributed by atoms with van der Waals surface area (Å²) in [6.07, 6.45) is 1.62. The van der Waals surface area contributed by atoms with Crippen LogP contribution in [0.15, 0.2) is 48.1 Å². The average Bonchev–Trinajstić information content (AvgIpc) is 3.28. The quantitative estimate of drug-likeness (QED) is 0.703. The van der Waals surface area contributed by atoms with Gasteiger partial charge in [-0.1, -0.05) is 12.1 Å². The number of amides is 2. The van der Waals surface area contributed by atoms with Crippen LogP contribution in [0, 0.1) is 0 Å². The van der Waals surface area contributed by atoms with Crippen molar-refractivity contribution in [3.05, 3.63) is 53.0 Å². The molecule has 3 aromatic rings. The van der Waals surface area contributed by atoms with Crippen molar-refractivity contribution in [2.75, 3.05) is 5.32 Å². The first-order valence-electron chi connectivity index (χ1n) is 7.55. The molecule has 2 N–H and O–H groups in total. The van der Waals surface area contributed by atoms with Crippen LogP contribution in [0.25, 0.3) is 5.69 Å². The Labute approximate surface area is 147 Å². The van der Waals surface area contributed by atoms with Gasteiger partial charge in [-0.3, -0.25) is 9.59 Å². The van der Waals surface area contributed by atoms with Crippen LogP contribution in [-0.4, -0.2) is 32.0 Å². The van der Waals surface area contributed by atoms with E-state index in [1.165, 1.54) is 29.3 Å². The lowest BCUT2D eigenvalue weighted by Crippen LogP contribution is -2.29. The zero-order valence-corrected chi connectivity index (χ0v) is 14.2. The average molecular weight is 356 g/mol. The van der Waals surface area contributed by atoms with Gasteiger partial charge in [0.1, 0.15) is 6.33 Å². The summed E-state index contributed by atoms with van der Waals surface area (Å²) in [4.78, 5) is 24.7. The van der Waals surface area contributed by atoms with Gasteiger partial charge >= 0.3 is 0 Å². The van der Waals surface area contributed by atoms with Crippen LogP contribution < -0.4 is 10.6 Å². The van der Waals surface area contributed by atoms with Gasteiger partial charge in [0, 0.05) is 17.5 Å². The minimum Gasteiger partial charge on any atom is -0.348 e. The summed E-state index contributed by atoms with van der Waals surface area (Å²) in [5, 5.41) is 18.6. The van der Waals surface area contributed by atoms with Crippen molar-refractivity contribution in [1.82, 2.24) is 25.5 Å². The van der Waals surface area contributed by atoms with E-state index in [-0.39, 0.29) is 24.3 Å². The van der Waals surface area contributed by atoms with Crippen LogP contribution >= 0.6 is 11.3 Å². The van der Waals surface area contributed by atoms with E-state index < -0.39 is 0 Å². The standard InChI is InChI=1S/C16H16N6O2S/c1-11(23)18-14(15-6-3-7-25-15)9-16(24)19-12-4-2-5-13(8-12)22-10-17-20-21-22/h2-8,10,14H,9H2,1H3,(H,18,23)(H,19,24). The molecule has 0 radical (unpaired) electrons. The van der Waals surface area contributed by atoms with Crippen molar-refractivity contribution in [2.24, 2.45) is 0 Å². The van der Waals surface area contributed by atoms with Crippen molar-refractivity contribution in [3.8, 4) is 5.69 Å². The Balaban J connectivity index is 1.69. The highest BCUT2D eigenvalue weighted by Gasteiger charge is 2.18. The van der Waals surface area contributed by atoms with Gasteiger partial charge in [0.05, 0.1) is 18.2 Å². The maximum atomic E-state index is 12.4. The molecule has 8 nitrogen and oxygen atoms in total. The van der Waals surface area contributed by atoms with E-state index in [1.54, 1.807) is 18.2 Å². The second-order valence-electron chi connectivity index (χ2n) is 5.33. The first kappa shape index (κ1) is 16.8. The number of rotatable bonds is 6. The number of benzene rings is 1. The maximum absolute atomic E-state index is 12.4. The molecule has 1 unspecified atom stereocenters. The molecule has 2 heterocycles. The van der Waals surface area contributed by atoms with E-state index in [9.17, 15) is 9.59 Å². The Bertz CT molecular complexity index is 847. The largest absolute Gasteiger partial charge is 0.348 e. The second-order valence-corrected chi connectivity index (χ2v) is 6.30. The lowest BCUT2D eigenvalue weighted by atomic mass is 10.1.